The number of nitrogens with zero attached hydrogens (tertiary/aromatic N) is 1. The van der Waals surface area contributed by atoms with Crippen molar-refractivity contribution < 1.29 is 13.2 Å². The normalized spacial score (nSPS) is 17.2. The molecule has 2 rings (SSSR count). The molecule has 1 aliphatic carbocycles. The van der Waals surface area contributed by atoms with E-state index in [1.54, 1.807) is 12.1 Å². The van der Waals surface area contributed by atoms with Crippen molar-refractivity contribution in [1.82, 2.24) is 10.2 Å². The first kappa shape index (κ1) is 16.3. The van der Waals surface area contributed by atoms with E-state index in [1.807, 2.05) is 6.92 Å². The molecule has 0 radical (unpaired) electrons. The number of likely N-dealkylation sites (N-methyl/N-ethyl adjacent to an activating group) is 1. The third-order valence-electron chi connectivity index (χ3n) is 4.06. The number of alkyl halides is 3. The highest BCUT2D eigenvalue weighted by Crippen LogP contribution is 2.30. The summed E-state index contributed by atoms with van der Waals surface area (Å²) in [6, 6.07) is 6.22. The summed E-state index contributed by atoms with van der Waals surface area (Å²) in [5.41, 5.74) is 0.293. The molecule has 21 heavy (non-hydrogen) atoms. The smallest absolute Gasteiger partial charge is 0.309 e. The number of halogens is 3. The molecule has 0 heterocycles. The molecule has 1 N–H and O–H groups in total. The van der Waals surface area contributed by atoms with Crippen molar-refractivity contribution >= 4 is 0 Å². The zero-order valence-electron chi connectivity index (χ0n) is 12.6. The van der Waals surface area contributed by atoms with Crippen molar-refractivity contribution in [3.63, 3.8) is 0 Å². The fraction of sp³-hybridized carbons (Fsp3) is 0.625. The van der Waals surface area contributed by atoms with E-state index in [1.165, 1.54) is 12.8 Å². The Morgan fingerprint density at radius 3 is 2.33 bits per heavy atom. The highest BCUT2D eigenvalue weighted by atomic mass is 19.4. The second kappa shape index (κ2) is 6.79. The maximum atomic E-state index is 12.5. The molecule has 1 saturated carbocycles. The number of rotatable bonds is 7. The third kappa shape index (κ3) is 4.71. The van der Waals surface area contributed by atoms with Gasteiger partial charge in [-0.25, -0.2) is 0 Å². The lowest BCUT2D eigenvalue weighted by molar-refractivity contribution is -0.137. The summed E-state index contributed by atoms with van der Waals surface area (Å²) in [4.78, 5) is 2.45. The Morgan fingerprint density at radius 1 is 1.24 bits per heavy atom. The van der Waals surface area contributed by atoms with Crippen LogP contribution in [0.3, 0.4) is 0 Å². The topological polar surface area (TPSA) is 15.3 Å². The second-order valence-electron chi connectivity index (χ2n) is 5.66. The van der Waals surface area contributed by atoms with Crippen LogP contribution < -0.4 is 5.32 Å². The standard InChI is InChI=1S/C16H23F3N2/c1-3-21(15-8-9-15)11-10-20-12(2)13-4-6-14(7-5-13)16(17,18)19/h4-7,12,15,20H,3,8-11H2,1-2H3. The monoisotopic (exact) mass is 300 g/mol. The van der Waals surface area contributed by atoms with Crippen LogP contribution in [0, 0.1) is 0 Å². The Morgan fingerprint density at radius 2 is 1.86 bits per heavy atom. The van der Waals surface area contributed by atoms with Crippen molar-refractivity contribution in [3.8, 4) is 0 Å². The quantitative estimate of drug-likeness (QED) is 0.823. The highest BCUT2D eigenvalue weighted by Gasteiger charge is 2.30. The van der Waals surface area contributed by atoms with E-state index in [0.717, 1.165) is 43.4 Å². The summed E-state index contributed by atoms with van der Waals surface area (Å²) in [6.07, 6.45) is -1.67. The van der Waals surface area contributed by atoms with E-state index in [9.17, 15) is 13.2 Å². The highest BCUT2D eigenvalue weighted by molar-refractivity contribution is 5.26. The molecular formula is C16H23F3N2. The van der Waals surface area contributed by atoms with Crippen molar-refractivity contribution in [1.29, 1.82) is 0 Å². The van der Waals surface area contributed by atoms with E-state index < -0.39 is 11.7 Å². The first-order valence-corrected chi connectivity index (χ1v) is 7.56. The van der Waals surface area contributed by atoms with Gasteiger partial charge in [0.25, 0.3) is 0 Å². The Balaban J connectivity index is 1.81. The van der Waals surface area contributed by atoms with Crippen molar-refractivity contribution in [2.24, 2.45) is 0 Å². The molecule has 0 amide bonds. The molecule has 0 saturated heterocycles. The molecule has 5 heteroatoms. The van der Waals surface area contributed by atoms with E-state index in [-0.39, 0.29) is 6.04 Å². The van der Waals surface area contributed by atoms with Crippen LogP contribution in [0.5, 0.6) is 0 Å². The maximum absolute atomic E-state index is 12.5. The predicted molar refractivity (Wildman–Crippen MR) is 78.1 cm³/mol. The summed E-state index contributed by atoms with van der Waals surface area (Å²) in [7, 11) is 0. The molecule has 1 aromatic carbocycles. The Labute approximate surface area is 124 Å². The van der Waals surface area contributed by atoms with Crippen LogP contribution in [-0.4, -0.2) is 30.6 Å². The van der Waals surface area contributed by atoms with Gasteiger partial charge < -0.3 is 5.32 Å². The first-order valence-electron chi connectivity index (χ1n) is 7.56. The van der Waals surface area contributed by atoms with Gasteiger partial charge in [-0.2, -0.15) is 13.2 Å². The zero-order chi connectivity index (χ0) is 15.5. The molecule has 0 aliphatic heterocycles. The van der Waals surface area contributed by atoms with Crippen LogP contribution in [0.2, 0.25) is 0 Å². The lowest BCUT2D eigenvalue weighted by atomic mass is 10.1. The van der Waals surface area contributed by atoms with E-state index in [0.29, 0.717) is 0 Å². The lowest BCUT2D eigenvalue weighted by Gasteiger charge is -2.22. The largest absolute Gasteiger partial charge is 0.416 e. The van der Waals surface area contributed by atoms with Gasteiger partial charge in [-0.1, -0.05) is 19.1 Å². The minimum Gasteiger partial charge on any atom is -0.309 e. The number of benzene rings is 1. The summed E-state index contributed by atoms with van der Waals surface area (Å²) in [6.45, 7) is 7.05. The average molecular weight is 300 g/mol. The van der Waals surface area contributed by atoms with Gasteiger partial charge in [0.1, 0.15) is 0 Å². The molecule has 0 bridgehead atoms. The van der Waals surface area contributed by atoms with Crippen molar-refractivity contribution in [3.05, 3.63) is 35.4 Å². The molecule has 0 aromatic heterocycles. The predicted octanol–water partition coefficient (Wildman–Crippen LogP) is 3.84. The Kier molecular flexibility index (Phi) is 5.27. The Hall–Kier alpha value is -1.07. The van der Waals surface area contributed by atoms with Crippen molar-refractivity contribution in [2.45, 2.75) is 44.9 Å². The molecule has 118 valence electrons. The molecule has 1 fully saturated rings. The van der Waals surface area contributed by atoms with Crippen molar-refractivity contribution in [2.75, 3.05) is 19.6 Å². The minimum absolute atomic E-state index is 0.0604. The molecular weight excluding hydrogens is 277 g/mol. The molecule has 0 spiro atoms. The van der Waals surface area contributed by atoms with Crippen LogP contribution in [0.15, 0.2) is 24.3 Å². The number of hydrogen-bond acceptors (Lipinski definition) is 2. The minimum atomic E-state index is -4.26. The molecule has 1 atom stereocenters. The zero-order valence-corrected chi connectivity index (χ0v) is 12.6. The Bertz CT molecular complexity index is 438. The van der Waals surface area contributed by atoms with E-state index in [2.05, 4.69) is 17.1 Å². The molecule has 1 aliphatic rings. The van der Waals surface area contributed by atoms with Gasteiger partial charge in [0.05, 0.1) is 5.56 Å². The summed E-state index contributed by atoms with van der Waals surface area (Å²) in [5.74, 6) is 0. The molecule has 1 unspecified atom stereocenters. The van der Waals surface area contributed by atoms with Gasteiger partial charge in [-0.05, 0) is 44.0 Å². The van der Waals surface area contributed by atoms with Crippen LogP contribution in [0.1, 0.15) is 43.9 Å². The van der Waals surface area contributed by atoms with Gasteiger partial charge in [-0.3, -0.25) is 4.90 Å². The third-order valence-corrected chi connectivity index (χ3v) is 4.06. The molecule has 2 nitrogen and oxygen atoms in total. The summed E-state index contributed by atoms with van der Waals surface area (Å²) in [5, 5.41) is 3.38. The fourth-order valence-electron chi connectivity index (χ4n) is 2.54. The maximum Gasteiger partial charge on any atom is 0.416 e. The van der Waals surface area contributed by atoms with E-state index >= 15 is 0 Å². The second-order valence-corrected chi connectivity index (χ2v) is 5.66. The van der Waals surface area contributed by atoms with Crippen LogP contribution in [0.25, 0.3) is 0 Å². The van der Waals surface area contributed by atoms with Crippen LogP contribution in [-0.2, 0) is 6.18 Å². The molecule has 1 aromatic rings. The van der Waals surface area contributed by atoms with E-state index in [4.69, 9.17) is 0 Å². The van der Waals surface area contributed by atoms with Gasteiger partial charge in [-0.15, -0.1) is 0 Å². The van der Waals surface area contributed by atoms with Gasteiger partial charge >= 0.3 is 6.18 Å². The van der Waals surface area contributed by atoms with Crippen LogP contribution >= 0.6 is 0 Å². The first-order chi connectivity index (χ1) is 9.91. The SMILES string of the molecule is CCN(CCNC(C)c1ccc(C(F)(F)F)cc1)C1CC1. The summed E-state index contributed by atoms with van der Waals surface area (Å²) < 4.78 is 37.5. The lowest BCUT2D eigenvalue weighted by Crippen LogP contribution is -2.34. The average Bonchev–Trinajstić information content (AvgIpc) is 3.27. The number of nitrogens with one attached hydrogen (secondary N) is 1. The van der Waals surface area contributed by atoms with Gasteiger partial charge in [0.15, 0.2) is 0 Å². The van der Waals surface area contributed by atoms with Gasteiger partial charge in [0, 0.05) is 25.2 Å². The van der Waals surface area contributed by atoms with Crippen LogP contribution in [0.4, 0.5) is 13.2 Å². The van der Waals surface area contributed by atoms with Gasteiger partial charge in [0.2, 0.25) is 0 Å². The number of hydrogen-bond donors (Lipinski definition) is 1. The summed E-state index contributed by atoms with van der Waals surface area (Å²) >= 11 is 0. The fourth-order valence-corrected chi connectivity index (χ4v) is 2.54.